The van der Waals surface area contributed by atoms with Crippen LogP contribution in [0.2, 0.25) is 0 Å². The topological polar surface area (TPSA) is 102 Å². The smallest absolute Gasteiger partial charge is 0.328 e. The van der Waals surface area contributed by atoms with Gasteiger partial charge in [-0.25, -0.2) is 13.2 Å². The molecule has 0 spiro atoms. The third-order valence-corrected chi connectivity index (χ3v) is 8.78. The zero-order valence-electron chi connectivity index (χ0n) is 21.9. The van der Waals surface area contributed by atoms with Gasteiger partial charge in [0.25, 0.3) is 5.91 Å². The maximum Gasteiger partial charge on any atom is 0.328 e. The number of fused-ring (bicyclic) bond motifs is 3. The minimum Gasteiger partial charge on any atom is -0.489 e. The third kappa shape index (κ3) is 7.38. The molecule has 10 heteroatoms. The fourth-order valence-corrected chi connectivity index (χ4v) is 6.03. The minimum absolute atomic E-state index is 0.00463. The van der Waals surface area contributed by atoms with E-state index in [1.165, 1.54) is 11.4 Å². The highest BCUT2D eigenvalue weighted by atomic mass is 127. The number of nitrogens with zero attached hydrogens (tertiary/aromatic N) is 1. The molecule has 40 heavy (non-hydrogen) atoms. The van der Waals surface area contributed by atoms with Crippen molar-refractivity contribution in [1.29, 1.82) is 0 Å². The van der Waals surface area contributed by atoms with Crippen LogP contribution in [-0.4, -0.2) is 50.9 Å². The van der Waals surface area contributed by atoms with E-state index in [0.29, 0.717) is 16.9 Å². The van der Waals surface area contributed by atoms with Crippen LogP contribution >= 0.6 is 22.6 Å². The Hall–Kier alpha value is -3.48. The molecule has 1 N–H and O–H groups in total. The van der Waals surface area contributed by atoms with Gasteiger partial charge in [0.15, 0.2) is 0 Å². The summed E-state index contributed by atoms with van der Waals surface area (Å²) in [5, 5.41) is 2.76. The highest BCUT2D eigenvalue weighted by molar-refractivity contribution is 14.1. The summed E-state index contributed by atoms with van der Waals surface area (Å²) in [4.78, 5) is 26.0. The first-order valence-electron chi connectivity index (χ1n) is 12.5. The Bertz CT molecular complexity index is 1540. The molecule has 1 atom stereocenters. The second-order valence-electron chi connectivity index (χ2n) is 9.16. The molecule has 3 aromatic rings. The van der Waals surface area contributed by atoms with Gasteiger partial charge in [-0.3, -0.25) is 4.79 Å². The number of carbonyl (C=O) groups excluding carboxylic acids is 2. The molecule has 2 bridgehead atoms. The Morgan fingerprint density at radius 1 is 1.07 bits per heavy atom. The summed E-state index contributed by atoms with van der Waals surface area (Å²) >= 11 is 2.12. The Kier molecular flexibility index (Phi) is 9.77. The quantitative estimate of drug-likeness (QED) is 0.325. The van der Waals surface area contributed by atoms with Crippen molar-refractivity contribution in [3.63, 3.8) is 0 Å². The zero-order chi connectivity index (χ0) is 28.7. The number of benzene rings is 3. The van der Waals surface area contributed by atoms with E-state index in [9.17, 15) is 18.0 Å². The molecule has 3 aromatic carbocycles. The Morgan fingerprint density at radius 2 is 1.82 bits per heavy atom. The summed E-state index contributed by atoms with van der Waals surface area (Å²) < 4.78 is 40.5. The first-order chi connectivity index (χ1) is 19.2. The summed E-state index contributed by atoms with van der Waals surface area (Å²) in [6.07, 6.45) is 3.65. The Morgan fingerprint density at radius 3 is 2.58 bits per heavy atom. The molecule has 208 valence electrons. The summed E-state index contributed by atoms with van der Waals surface area (Å²) in [5.41, 5.74) is 2.17. The van der Waals surface area contributed by atoms with Gasteiger partial charge < -0.3 is 14.8 Å². The van der Waals surface area contributed by atoms with E-state index in [-0.39, 0.29) is 36.6 Å². The van der Waals surface area contributed by atoms with E-state index < -0.39 is 27.9 Å². The molecule has 0 saturated carbocycles. The second-order valence-corrected chi connectivity index (χ2v) is 12.3. The average Bonchev–Trinajstić information content (AvgIpc) is 2.95. The number of rotatable bonds is 3. The van der Waals surface area contributed by atoms with Crippen LogP contribution < -0.4 is 10.1 Å². The lowest BCUT2D eigenvalue weighted by molar-refractivity contribution is -0.142. The van der Waals surface area contributed by atoms with Crippen molar-refractivity contribution in [2.75, 3.05) is 20.3 Å². The molecule has 1 aliphatic heterocycles. The third-order valence-electron chi connectivity index (χ3n) is 6.26. The number of nitrogens with one attached hydrogen (secondary N) is 1. The van der Waals surface area contributed by atoms with Gasteiger partial charge in [-0.05, 0) is 87.8 Å². The number of amides is 1. The van der Waals surface area contributed by atoms with E-state index in [2.05, 4.69) is 34.5 Å². The number of para-hydroxylation sites is 1. The molecule has 1 heterocycles. The lowest BCUT2D eigenvalue weighted by atomic mass is 10.0. The molecular weight excluding hydrogens is 643 g/mol. The van der Waals surface area contributed by atoms with Gasteiger partial charge in [-0.2, -0.15) is 4.31 Å². The maximum atomic E-state index is 13.7. The number of hydrogen-bond donors (Lipinski definition) is 1. The predicted octanol–water partition coefficient (Wildman–Crippen LogP) is 4.50. The van der Waals surface area contributed by atoms with Crippen molar-refractivity contribution in [3.8, 4) is 5.75 Å². The van der Waals surface area contributed by atoms with Crippen molar-refractivity contribution in [3.05, 3.63) is 117 Å². The van der Waals surface area contributed by atoms with Crippen LogP contribution in [-0.2, 0) is 32.5 Å². The number of methoxy groups -OCH3 is 1. The molecule has 0 aliphatic carbocycles. The van der Waals surface area contributed by atoms with Crippen LogP contribution in [0.4, 0.5) is 0 Å². The monoisotopic (exact) mass is 672 g/mol. The number of ether oxygens (including phenoxy) is 2. The Labute approximate surface area is 247 Å². The molecule has 1 aliphatic rings. The fraction of sp³-hybridized carbons (Fsp3) is 0.200. The molecule has 0 saturated heterocycles. The van der Waals surface area contributed by atoms with E-state index in [1.807, 2.05) is 18.2 Å². The second kappa shape index (κ2) is 13.2. The van der Waals surface area contributed by atoms with Crippen LogP contribution in [0.3, 0.4) is 0 Å². The summed E-state index contributed by atoms with van der Waals surface area (Å²) in [5.74, 6) is -0.531. The van der Waals surface area contributed by atoms with Gasteiger partial charge in [0.2, 0.25) is 10.0 Å². The molecule has 4 rings (SSSR count). The standard InChI is InChI=1S/C30H29IN2O6S/c1-21-7-6-16-39-28-11-4-3-9-23(28)18-27(30(35)38-2)32-29(34)24-10-5-8-22(17-24)20-33(19-21)40(36,37)26-14-12-25(31)13-15-26/h3-15,17,27H,1,16,18-20H2,2H3,(H,32,34)/b7-6+. The maximum absolute atomic E-state index is 13.7. The van der Waals surface area contributed by atoms with E-state index in [0.717, 1.165) is 9.13 Å². The number of carbonyl (C=O) groups is 2. The lowest BCUT2D eigenvalue weighted by Crippen LogP contribution is -2.43. The van der Waals surface area contributed by atoms with Crippen molar-refractivity contribution in [2.45, 2.75) is 23.9 Å². The summed E-state index contributed by atoms with van der Waals surface area (Å²) in [7, 11) is -2.64. The zero-order valence-corrected chi connectivity index (χ0v) is 24.9. The summed E-state index contributed by atoms with van der Waals surface area (Å²) in [6.45, 7) is 4.29. The average molecular weight is 673 g/mol. The van der Waals surface area contributed by atoms with E-state index >= 15 is 0 Å². The van der Waals surface area contributed by atoms with Gasteiger partial charge in [0.1, 0.15) is 18.4 Å². The normalized spacial score (nSPS) is 18.0. The molecule has 8 nitrogen and oxygen atoms in total. The van der Waals surface area contributed by atoms with Crippen LogP contribution in [0.15, 0.2) is 102 Å². The predicted molar refractivity (Wildman–Crippen MR) is 160 cm³/mol. The van der Waals surface area contributed by atoms with Crippen LogP contribution in [0, 0.1) is 3.57 Å². The first-order valence-corrected chi connectivity index (χ1v) is 15.0. The van der Waals surface area contributed by atoms with Gasteiger partial charge in [0, 0.05) is 28.6 Å². The molecule has 0 radical (unpaired) electrons. The number of hydrogen-bond acceptors (Lipinski definition) is 6. The van der Waals surface area contributed by atoms with Crippen LogP contribution in [0.25, 0.3) is 0 Å². The fourth-order valence-electron chi connectivity index (χ4n) is 4.24. The molecule has 0 fully saturated rings. The first kappa shape index (κ1) is 29.5. The molecular formula is C30H29IN2O6S. The van der Waals surface area contributed by atoms with Crippen molar-refractivity contribution < 1.29 is 27.5 Å². The van der Waals surface area contributed by atoms with Gasteiger partial charge in [-0.15, -0.1) is 0 Å². The Balaban J connectivity index is 1.74. The van der Waals surface area contributed by atoms with E-state index in [4.69, 9.17) is 9.47 Å². The number of esters is 1. The number of halogens is 1. The largest absolute Gasteiger partial charge is 0.489 e. The molecule has 1 unspecified atom stereocenters. The molecule has 1 amide bonds. The molecule has 0 aromatic heterocycles. The lowest BCUT2D eigenvalue weighted by Gasteiger charge is -2.23. The van der Waals surface area contributed by atoms with Crippen molar-refractivity contribution in [1.82, 2.24) is 9.62 Å². The van der Waals surface area contributed by atoms with Crippen LogP contribution in [0.1, 0.15) is 21.5 Å². The highest BCUT2D eigenvalue weighted by Gasteiger charge is 2.27. The van der Waals surface area contributed by atoms with Gasteiger partial charge in [-0.1, -0.05) is 43.0 Å². The van der Waals surface area contributed by atoms with Crippen LogP contribution in [0.5, 0.6) is 5.75 Å². The van der Waals surface area contributed by atoms with Crippen molar-refractivity contribution >= 4 is 44.5 Å². The van der Waals surface area contributed by atoms with Gasteiger partial charge in [0.05, 0.1) is 12.0 Å². The SMILES string of the molecule is C=C1/C=C/COc2ccccc2CC(C(=O)OC)NC(=O)c2cccc(c2)CN(S(=O)(=O)c2ccc(I)cc2)C1. The van der Waals surface area contributed by atoms with Gasteiger partial charge >= 0.3 is 5.97 Å². The van der Waals surface area contributed by atoms with E-state index in [1.54, 1.807) is 66.7 Å². The van der Waals surface area contributed by atoms with Crippen molar-refractivity contribution in [2.24, 2.45) is 0 Å². The highest BCUT2D eigenvalue weighted by Crippen LogP contribution is 2.23. The number of sulfonamides is 1. The minimum atomic E-state index is -3.90. The summed E-state index contributed by atoms with van der Waals surface area (Å²) in [6, 6.07) is 19.5.